The van der Waals surface area contributed by atoms with Crippen LogP contribution in [0, 0.1) is 0 Å². The number of rotatable bonds is 3. The van der Waals surface area contributed by atoms with Gasteiger partial charge in [-0.05, 0) is 42.8 Å². The van der Waals surface area contributed by atoms with Gasteiger partial charge in [0.05, 0.1) is 5.56 Å². The van der Waals surface area contributed by atoms with E-state index in [4.69, 9.17) is 11.6 Å². The van der Waals surface area contributed by atoms with Gasteiger partial charge in [0.25, 0.3) is 0 Å². The van der Waals surface area contributed by atoms with Crippen LogP contribution in [0.5, 0.6) is 0 Å². The van der Waals surface area contributed by atoms with Gasteiger partial charge in [0.2, 0.25) is 0 Å². The Bertz CT molecular complexity index is 687. The van der Waals surface area contributed by atoms with Crippen LogP contribution in [0.4, 0.5) is 0 Å². The molecule has 0 atom stereocenters. The second-order valence-electron chi connectivity index (χ2n) is 4.91. The Labute approximate surface area is 131 Å². The van der Waals surface area contributed by atoms with E-state index in [2.05, 4.69) is 14.8 Å². The SMILES string of the molecule is O=C(O)c1cc(Cl)ccc1Sc1nnc2n1CCCCC2. The van der Waals surface area contributed by atoms with Gasteiger partial charge in [0.15, 0.2) is 5.16 Å². The molecule has 21 heavy (non-hydrogen) atoms. The molecule has 1 aliphatic rings. The number of aryl methyl sites for hydroxylation is 1. The van der Waals surface area contributed by atoms with Crippen molar-refractivity contribution in [3.63, 3.8) is 0 Å². The quantitative estimate of drug-likeness (QED) is 0.936. The van der Waals surface area contributed by atoms with Crippen molar-refractivity contribution in [2.24, 2.45) is 0 Å². The Morgan fingerprint density at radius 3 is 2.95 bits per heavy atom. The predicted molar refractivity (Wildman–Crippen MR) is 80.1 cm³/mol. The first-order valence-electron chi connectivity index (χ1n) is 6.78. The second kappa shape index (κ2) is 6.07. The normalized spacial score (nSPS) is 14.5. The molecule has 7 heteroatoms. The van der Waals surface area contributed by atoms with E-state index in [1.807, 2.05) is 0 Å². The number of carboxylic acids is 1. The molecule has 1 aromatic carbocycles. The molecule has 1 aromatic heterocycles. The third-order valence-corrected chi connectivity index (χ3v) is 4.74. The van der Waals surface area contributed by atoms with E-state index in [1.54, 1.807) is 12.1 Å². The lowest BCUT2D eigenvalue weighted by molar-refractivity contribution is 0.0693. The number of aromatic carboxylic acids is 1. The summed E-state index contributed by atoms with van der Waals surface area (Å²) in [5, 5.41) is 18.9. The van der Waals surface area contributed by atoms with Crippen molar-refractivity contribution in [1.29, 1.82) is 0 Å². The highest BCUT2D eigenvalue weighted by atomic mass is 35.5. The first-order valence-corrected chi connectivity index (χ1v) is 7.97. The number of nitrogens with zero attached hydrogens (tertiary/aromatic N) is 3. The zero-order chi connectivity index (χ0) is 14.8. The van der Waals surface area contributed by atoms with Crippen molar-refractivity contribution in [2.45, 2.75) is 42.3 Å². The van der Waals surface area contributed by atoms with Crippen molar-refractivity contribution in [1.82, 2.24) is 14.8 Å². The highest BCUT2D eigenvalue weighted by Crippen LogP contribution is 2.32. The Kier molecular flexibility index (Phi) is 4.17. The first-order chi connectivity index (χ1) is 10.1. The van der Waals surface area contributed by atoms with Gasteiger partial charge in [-0.15, -0.1) is 10.2 Å². The molecule has 2 aromatic rings. The third-order valence-electron chi connectivity index (χ3n) is 3.45. The number of aromatic nitrogens is 3. The zero-order valence-corrected chi connectivity index (χ0v) is 12.8. The highest BCUT2D eigenvalue weighted by Gasteiger charge is 2.18. The van der Waals surface area contributed by atoms with Crippen molar-refractivity contribution >= 4 is 29.3 Å². The molecule has 0 saturated carbocycles. The van der Waals surface area contributed by atoms with Crippen molar-refractivity contribution < 1.29 is 9.90 Å². The number of carboxylic acid groups (broad SMARTS) is 1. The smallest absolute Gasteiger partial charge is 0.336 e. The minimum Gasteiger partial charge on any atom is -0.478 e. The number of hydrogen-bond acceptors (Lipinski definition) is 4. The molecule has 0 unspecified atom stereocenters. The van der Waals surface area contributed by atoms with E-state index in [0.717, 1.165) is 36.8 Å². The lowest BCUT2D eigenvalue weighted by Crippen LogP contribution is -2.03. The molecule has 110 valence electrons. The minimum absolute atomic E-state index is 0.193. The Hall–Kier alpha value is -1.53. The first kappa shape index (κ1) is 14.4. The molecule has 3 rings (SSSR count). The molecule has 0 spiro atoms. The molecule has 5 nitrogen and oxygen atoms in total. The van der Waals surface area contributed by atoms with Crippen LogP contribution in [0.2, 0.25) is 5.02 Å². The standard InChI is InChI=1S/C14H14ClN3O2S/c15-9-5-6-11(10(8-9)13(19)20)21-14-17-16-12-4-2-1-3-7-18(12)14/h5-6,8H,1-4,7H2,(H,19,20). The monoisotopic (exact) mass is 323 g/mol. The Morgan fingerprint density at radius 2 is 2.14 bits per heavy atom. The summed E-state index contributed by atoms with van der Waals surface area (Å²) < 4.78 is 2.10. The number of benzene rings is 1. The lowest BCUT2D eigenvalue weighted by atomic mass is 10.2. The molecule has 0 saturated heterocycles. The predicted octanol–water partition coefficient (Wildman–Crippen LogP) is 3.51. The van der Waals surface area contributed by atoms with Crippen LogP contribution in [0.15, 0.2) is 28.3 Å². The van der Waals surface area contributed by atoms with Gasteiger partial charge in [-0.1, -0.05) is 18.0 Å². The molecule has 0 fully saturated rings. The van der Waals surface area contributed by atoms with E-state index in [0.29, 0.717) is 9.92 Å². The molecular formula is C14H14ClN3O2S. The maximum atomic E-state index is 11.3. The topological polar surface area (TPSA) is 68.0 Å². The molecule has 0 aliphatic carbocycles. The van der Waals surface area contributed by atoms with Gasteiger partial charge in [-0.3, -0.25) is 0 Å². The van der Waals surface area contributed by atoms with Crippen LogP contribution in [0.1, 0.15) is 35.4 Å². The summed E-state index contributed by atoms with van der Waals surface area (Å²) in [6, 6.07) is 4.87. The summed E-state index contributed by atoms with van der Waals surface area (Å²) in [6.45, 7) is 0.890. The van der Waals surface area contributed by atoms with E-state index < -0.39 is 5.97 Å². The van der Waals surface area contributed by atoms with Gasteiger partial charge < -0.3 is 9.67 Å². The van der Waals surface area contributed by atoms with Crippen molar-refractivity contribution in [3.8, 4) is 0 Å². The Morgan fingerprint density at radius 1 is 1.29 bits per heavy atom. The maximum absolute atomic E-state index is 11.3. The van der Waals surface area contributed by atoms with Crippen LogP contribution in [0.25, 0.3) is 0 Å². The van der Waals surface area contributed by atoms with E-state index in [-0.39, 0.29) is 5.56 Å². The molecule has 0 radical (unpaired) electrons. The second-order valence-corrected chi connectivity index (χ2v) is 6.35. The van der Waals surface area contributed by atoms with Gasteiger partial charge in [-0.25, -0.2) is 4.79 Å². The summed E-state index contributed by atoms with van der Waals surface area (Å²) in [4.78, 5) is 12.0. The van der Waals surface area contributed by atoms with E-state index in [1.165, 1.54) is 24.2 Å². The van der Waals surface area contributed by atoms with Crippen molar-refractivity contribution in [2.75, 3.05) is 0 Å². The fraction of sp³-hybridized carbons (Fsp3) is 0.357. The fourth-order valence-corrected chi connectivity index (χ4v) is 3.54. The van der Waals surface area contributed by atoms with Crippen LogP contribution >= 0.6 is 23.4 Å². The highest BCUT2D eigenvalue weighted by molar-refractivity contribution is 7.99. The minimum atomic E-state index is -0.990. The zero-order valence-electron chi connectivity index (χ0n) is 11.3. The van der Waals surface area contributed by atoms with Crippen LogP contribution in [-0.2, 0) is 13.0 Å². The summed E-state index contributed by atoms with van der Waals surface area (Å²) in [5.41, 5.74) is 0.193. The van der Waals surface area contributed by atoms with Gasteiger partial charge in [0.1, 0.15) is 5.82 Å². The van der Waals surface area contributed by atoms with Gasteiger partial charge >= 0.3 is 5.97 Å². The van der Waals surface area contributed by atoms with Gasteiger partial charge in [-0.2, -0.15) is 0 Å². The number of halogens is 1. The van der Waals surface area contributed by atoms with Crippen molar-refractivity contribution in [3.05, 3.63) is 34.6 Å². The molecule has 2 heterocycles. The van der Waals surface area contributed by atoms with Crippen LogP contribution in [0.3, 0.4) is 0 Å². The average Bonchev–Trinajstić information content (AvgIpc) is 2.69. The van der Waals surface area contributed by atoms with E-state index in [9.17, 15) is 9.90 Å². The summed E-state index contributed by atoms with van der Waals surface area (Å²) >= 11 is 7.21. The Balaban J connectivity index is 1.94. The van der Waals surface area contributed by atoms with E-state index >= 15 is 0 Å². The summed E-state index contributed by atoms with van der Waals surface area (Å²) in [7, 11) is 0. The maximum Gasteiger partial charge on any atom is 0.336 e. The molecule has 1 aliphatic heterocycles. The van der Waals surface area contributed by atoms with Crippen LogP contribution in [-0.4, -0.2) is 25.8 Å². The molecule has 0 bridgehead atoms. The molecule has 1 N–H and O–H groups in total. The summed E-state index contributed by atoms with van der Waals surface area (Å²) in [5.74, 6) is -0.00329. The summed E-state index contributed by atoms with van der Waals surface area (Å²) in [6.07, 6.45) is 4.35. The number of fused-ring (bicyclic) bond motifs is 1. The molecular weight excluding hydrogens is 310 g/mol. The van der Waals surface area contributed by atoms with Crippen LogP contribution < -0.4 is 0 Å². The number of hydrogen-bond donors (Lipinski definition) is 1. The molecule has 0 amide bonds. The van der Waals surface area contributed by atoms with Gasteiger partial charge in [0, 0.05) is 22.9 Å². The average molecular weight is 324 g/mol. The lowest BCUT2D eigenvalue weighted by Gasteiger charge is -2.08. The third kappa shape index (κ3) is 3.06. The largest absolute Gasteiger partial charge is 0.478 e. The fourth-order valence-electron chi connectivity index (χ4n) is 2.39. The number of carbonyl (C=O) groups is 1.